The van der Waals surface area contributed by atoms with Crippen LogP contribution >= 0.6 is 0 Å². The molecule has 2 atom stereocenters. The van der Waals surface area contributed by atoms with Crippen molar-refractivity contribution in [3.8, 4) is 0 Å². The highest BCUT2D eigenvalue weighted by Gasteiger charge is 2.34. The van der Waals surface area contributed by atoms with Crippen LogP contribution in [0.1, 0.15) is 29.4 Å². The summed E-state index contributed by atoms with van der Waals surface area (Å²) in [6.07, 6.45) is 4.85. The number of rotatable bonds is 0. The molecule has 0 saturated carbocycles. The Morgan fingerprint density at radius 1 is 0.938 bits per heavy atom. The Morgan fingerprint density at radius 3 is 2.06 bits per heavy atom. The van der Waals surface area contributed by atoms with Crippen molar-refractivity contribution in [2.24, 2.45) is 0 Å². The second-order valence-electron chi connectivity index (χ2n) is 4.81. The van der Waals surface area contributed by atoms with Crippen molar-refractivity contribution in [3.63, 3.8) is 0 Å². The fourth-order valence-electron chi connectivity index (χ4n) is 3.17. The van der Waals surface area contributed by atoms with Gasteiger partial charge in [-0.25, -0.2) is 0 Å². The average molecular weight is 215 g/mol. The zero-order chi connectivity index (χ0) is 10.5. The lowest BCUT2D eigenvalue weighted by Gasteiger charge is -2.19. The van der Waals surface area contributed by atoms with Crippen molar-refractivity contribution >= 4 is 11.0 Å². The van der Waals surface area contributed by atoms with Crippen molar-refractivity contribution in [2.75, 3.05) is 13.1 Å². The van der Waals surface area contributed by atoms with Gasteiger partial charge in [-0.1, -0.05) is 0 Å². The number of hydrogen-bond donors (Lipinski definition) is 1. The van der Waals surface area contributed by atoms with Gasteiger partial charge in [0.15, 0.2) is 0 Å². The number of aromatic nitrogens is 2. The first-order chi connectivity index (χ1) is 7.92. The van der Waals surface area contributed by atoms with Gasteiger partial charge in [0.1, 0.15) is 0 Å². The van der Waals surface area contributed by atoms with E-state index in [1.54, 1.807) is 12.4 Å². The molecule has 1 fully saturated rings. The summed E-state index contributed by atoms with van der Waals surface area (Å²) < 4.78 is 0. The Bertz CT molecular complexity index is 516. The Hall–Kier alpha value is -1.48. The van der Waals surface area contributed by atoms with Crippen molar-refractivity contribution in [1.82, 2.24) is 15.3 Å². The largest absolute Gasteiger partial charge is 0.316 e. The number of nitrogens with one attached hydrogen (secondary N) is 1. The van der Waals surface area contributed by atoms with Crippen LogP contribution in [0.15, 0.2) is 24.5 Å². The van der Waals surface area contributed by atoms with Gasteiger partial charge in [-0.3, -0.25) is 9.97 Å². The number of nitrogens with zero attached hydrogens (tertiary/aromatic N) is 2. The molecule has 4 rings (SSSR count). The minimum Gasteiger partial charge on any atom is -0.316 e. The van der Waals surface area contributed by atoms with Gasteiger partial charge in [-0.15, -0.1) is 0 Å². The summed E-state index contributed by atoms with van der Waals surface area (Å²) in [5, 5.41) is 3.51. The van der Waals surface area contributed by atoms with Crippen molar-refractivity contribution < 1.29 is 0 Å². The number of piperidine rings is 1. The number of benzene rings is 1. The third-order valence-corrected chi connectivity index (χ3v) is 3.90. The summed E-state index contributed by atoms with van der Waals surface area (Å²) in [7, 11) is 0. The Kier molecular flexibility index (Phi) is 1.63. The molecule has 1 aromatic carbocycles. The fraction of sp³-hybridized carbons (Fsp3) is 0.385. The van der Waals surface area contributed by atoms with E-state index in [2.05, 4.69) is 27.4 Å². The van der Waals surface area contributed by atoms with Crippen LogP contribution in [-0.4, -0.2) is 23.1 Å². The molecule has 3 nitrogen and oxygen atoms in total. The summed E-state index contributed by atoms with van der Waals surface area (Å²) in [5.41, 5.74) is 5.08. The van der Waals surface area contributed by atoms with Crippen molar-refractivity contribution in [3.05, 3.63) is 35.7 Å². The number of fused-ring (bicyclic) bond motifs is 6. The molecule has 0 amide bonds. The Balaban J connectivity index is 2.01. The number of hydrogen-bond acceptors (Lipinski definition) is 3. The maximum Gasteiger partial charge on any atom is 0.0889 e. The van der Waals surface area contributed by atoms with Crippen LogP contribution in [0.25, 0.3) is 11.0 Å². The molecule has 1 saturated heterocycles. The van der Waals surface area contributed by atoms with Gasteiger partial charge < -0.3 is 5.32 Å². The lowest BCUT2D eigenvalue weighted by Crippen LogP contribution is -2.28. The molecule has 0 unspecified atom stereocenters. The van der Waals surface area contributed by atoms with Gasteiger partial charge >= 0.3 is 0 Å². The molecule has 3 heteroatoms. The van der Waals surface area contributed by atoms with Crippen molar-refractivity contribution in [2.45, 2.75) is 18.3 Å². The van der Waals surface area contributed by atoms with E-state index < -0.39 is 0 Å². The zero-order valence-corrected chi connectivity index (χ0v) is 8.98. The molecule has 2 aliphatic rings. The maximum atomic E-state index is 4.39. The van der Waals surface area contributed by atoms with Crippen LogP contribution in [0, 0.1) is 0 Å². The van der Waals surface area contributed by atoms with E-state index >= 15 is 0 Å². The van der Waals surface area contributed by atoms with E-state index in [0.717, 1.165) is 24.1 Å². The van der Waals surface area contributed by atoms with E-state index in [9.17, 15) is 0 Å². The predicted molar refractivity (Wildman–Crippen MR) is 62.5 cm³/mol. The second kappa shape index (κ2) is 3.01. The minimum atomic E-state index is 0.695. The molecule has 1 aromatic heterocycles. The molecule has 16 heavy (non-hydrogen) atoms. The molecule has 2 aromatic rings. The monoisotopic (exact) mass is 215 g/mol. The first-order valence-corrected chi connectivity index (χ1v) is 5.87. The lowest BCUT2D eigenvalue weighted by molar-refractivity contribution is 0.454. The van der Waals surface area contributed by atoms with Gasteiger partial charge in [0.05, 0.1) is 11.0 Å². The zero-order valence-electron chi connectivity index (χ0n) is 8.98. The minimum absolute atomic E-state index is 0.695. The summed E-state index contributed by atoms with van der Waals surface area (Å²) in [5.74, 6) is 1.39. The molecular formula is C13H13N3. The molecule has 0 radical (unpaired) electrons. The molecule has 1 aliphatic carbocycles. The Morgan fingerprint density at radius 2 is 1.50 bits per heavy atom. The van der Waals surface area contributed by atoms with E-state index in [1.807, 2.05) is 0 Å². The summed E-state index contributed by atoms with van der Waals surface area (Å²) in [4.78, 5) is 8.78. The van der Waals surface area contributed by atoms with Crippen LogP contribution in [0.3, 0.4) is 0 Å². The highest BCUT2D eigenvalue weighted by molar-refractivity contribution is 5.77. The quantitative estimate of drug-likeness (QED) is 0.728. The van der Waals surface area contributed by atoms with Gasteiger partial charge in [0, 0.05) is 25.5 Å². The molecular weight excluding hydrogens is 202 g/mol. The topological polar surface area (TPSA) is 37.8 Å². The summed E-state index contributed by atoms with van der Waals surface area (Å²) in [6, 6.07) is 4.49. The van der Waals surface area contributed by atoms with Crippen LogP contribution in [0.4, 0.5) is 0 Å². The predicted octanol–water partition coefficient (Wildman–Crippen LogP) is 1.80. The highest BCUT2D eigenvalue weighted by Crippen LogP contribution is 2.44. The molecule has 0 spiro atoms. The molecule has 2 bridgehead atoms. The second-order valence-corrected chi connectivity index (χ2v) is 4.81. The van der Waals surface area contributed by atoms with Crippen LogP contribution in [0.2, 0.25) is 0 Å². The summed E-state index contributed by atoms with van der Waals surface area (Å²) in [6.45, 7) is 2.24. The standard InChI is InChI=1S/C13H13N3/c1-2-16-13-5-11-9-3-8(6-14-7-9)10(11)4-12(13)15-1/h1-2,4-5,8-9,14H,3,6-7H2/t8-,9+/i1+1,2+1,15+1,16+1. The molecule has 80 valence electrons. The third kappa shape index (κ3) is 1.06. The highest BCUT2D eigenvalue weighted by atomic mass is 15.6. The van der Waals surface area contributed by atoms with Crippen LogP contribution < -0.4 is 5.32 Å². The third-order valence-electron chi connectivity index (χ3n) is 3.90. The first kappa shape index (κ1) is 8.65. The maximum absolute atomic E-state index is 4.39. The Labute approximate surface area is 93.9 Å². The van der Waals surface area contributed by atoms with Gasteiger partial charge in [-0.2, -0.15) is 0 Å². The molecule has 1 N–H and O–H groups in total. The van der Waals surface area contributed by atoms with E-state index in [0.29, 0.717) is 11.8 Å². The van der Waals surface area contributed by atoms with Crippen LogP contribution in [-0.2, 0) is 0 Å². The smallest absolute Gasteiger partial charge is 0.0889 e. The van der Waals surface area contributed by atoms with Crippen LogP contribution in [0.5, 0.6) is 0 Å². The summed E-state index contributed by atoms with van der Waals surface area (Å²) >= 11 is 0. The van der Waals surface area contributed by atoms with E-state index in [-0.39, 0.29) is 0 Å². The van der Waals surface area contributed by atoms with E-state index in [1.165, 1.54) is 17.5 Å². The van der Waals surface area contributed by atoms with E-state index in [4.69, 9.17) is 0 Å². The SMILES string of the molecule is c1c2c(cc3[15n][13cH][13cH][15n]c13)[C@H]1CNC[C@@H]2C1. The fourth-order valence-corrected chi connectivity index (χ4v) is 3.17. The molecule has 2 heterocycles. The van der Waals surface area contributed by atoms with Gasteiger partial charge in [0.2, 0.25) is 0 Å². The van der Waals surface area contributed by atoms with Gasteiger partial charge in [-0.05, 0) is 41.5 Å². The van der Waals surface area contributed by atoms with Crippen molar-refractivity contribution in [1.29, 1.82) is 0 Å². The lowest BCUT2D eigenvalue weighted by atomic mass is 9.98. The molecule has 1 aliphatic heterocycles. The first-order valence-electron chi connectivity index (χ1n) is 5.87. The van der Waals surface area contributed by atoms with Gasteiger partial charge in [0.25, 0.3) is 0 Å². The normalized spacial score (nSPS) is 27.0. The average Bonchev–Trinajstić information content (AvgIpc) is 2.59.